The predicted molar refractivity (Wildman–Crippen MR) is 266 cm³/mol. The number of ether oxygens (including phenoxy) is 5. The van der Waals surface area contributed by atoms with Gasteiger partial charge >= 0.3 is 23.9 Å². The number of carbonyl (C=O) groups excluding carboxylic acids is 3. The summed E-state index contributed by atoms with van der Waals surface area (Å²) in [7, 11) is 0. The van der Waals surface area contributed by atoms with E-state index in [1.807, 2.05) is 0 Å². The summed E-state index contributed by atoms with van der Waals surface area (Å²) in [6.45, 7) is 5.71. The lowest BCUT2D eigenvalue weighted by molar-refractivity contribution is -0.301. The highest BCUT2D eigenvalue weighted by Gasteiger charge is 2.50. The molecule has 1 fully saturated rings. The average molecular weight is 943 g/mol. The third kappa shape index (κ3) is 34.2. The number of aliphatic hydroxyl groups excluding tert-OH is 2. The van der Waals surface area contributed by atoms with Crippen molar-refractivity contribution in [3.63, 3.8) is 0 Å². The molecule has 0 saturated carbocycles. The maximum atomic E-state index is 13.0. The number of allylic oxidation sites excluding steroid dienone is 12. The van der Waals surface area contributed by atoms with Crippen LogP contribution < -0.4 is 0 Å². The Kier molecular flexibility index (Phi) is 39.7. The van der Waals surface area contributed by atoms with Crippen molar-refractivity contribution >= 4 is 23.9 Å². The lowest BCUT2D eigenvalue weighted by Gasteiger charge is -2.40. The Morgan fingerprint density at radius 3 is 1.52 bits per heavy atom. The zero-order valence-corrected chi connectivity index (χ0v) is 41.6. The predicted octanol–water partition coefficient (Wildman–Crippen LogP) is 12.2. The van der Waals surface area contributed by atoms with Gasteiger partial charge in [0.15, 0.2) is 24.6 Å². The zero-order chi connectivity index (χ0) is 49.0. The second-order valence-electron chi connectivity index (χ2n) is 17.4. The molecule has 382 valence electrons. The summed E-state index contributed by atoms with van der Waals surface area (Å²) in [6, 6.07) is 0. The fourth-order valence-corrected chi connectivity index (χ4v) is 7.28. The number of aliphatic carboxylic acids is 1. The highest BCUT2D eigenvalue weighted by molar-refractivity contribution is 5.74. The minimum Gasteiger partial charge on any atom is -0.479 e. The number of esters is 3. The highest BCUT2D eigenvalue weighted by Crippen LogP contribution is 2.26. The molecule has 67 heavy (non-hydrogen) atoms. The quantitative estimate of drug-likeness (QED) is 0.0229. The Morgan fingerprint density at radius 1 is 0.507 bits per heavy atom. The van der Waals surface area contributed by atoms with E-state index in [4.69, 9.17) is 23.7 Å². The molecule has 1 saturated heterocycles. The summed E-state index contributed by atoms with van der Waals surface area (Å²) in [6.07, 6.45) is 40.5. The lowest BCUT2D eigenvalue weighted by atomic mass is 9.98. The summed E-state index contributed by atoms with van der Waals surface area (Å²) in [5.41, 5.74) is 0. The Balaban J connectivity index is 2.75. The molecule has 3 N–H and O–H groups in total. The fourth-order valence-electron chi connectivity index (χ4n) is 7.28. The number of hydrogen-bond donors (Lipinski definition) is 3. The Morgan fingerprint density at radius 2 is 0.970 bits per heavy atom. The van der Waals surface area contributed by atoms with Crippen LogP contribution >= 0.6 is 0 Å². The normalized spacial score (nSPS) is 19.4. The molecule has 12 heteroatoms. The van der Waals surface area contributed by atoms with Crippen molar-refractivity contribution in [3.8, 4) is 0 Å². The van der Waals surface area contributed by atoms with Crippen LogP contribution in [0.15, 0.2) is 72.9 Å². The van der Waals surface area contributed by atoms with Crippen LogP contribution in [0.4, 0.5) is 0 Å². The number of carbonyl (C=O) groups is 4. The van der Waals surface area contributed by atoms with Crippen molar-refractivity contribution in [2.24, 2.45) is 0 Å². The lowest BCUT2D eigenvalue weighted by Crippen LogP contribution is -2.61. The van der Waals surface area contributed by atoms with E-state index in [1.165, 1.54) is 32.1 Å². The molecular formula is C55H90O12. The average Bonchev–Trinajstić information content (AvgIpc) is 3.31. The second-order valence-corrected chi connectivity index (χ2v) is 17.4. The third-order valence-electron chi connectivity index (χ3n) is 11.2. The monoisotopic (exact) mass is 943 g/mol. The van der Waals surface area contributed by atoms with Gasteiger partial charge in [0.25, 0.3) is 0 Å². The maximum absolute atomic E-state index is 13.0. The Hall–Kier alpha value is -3.84. The van der Waals surface area contributed by atoms with Gasteiger partial charge in [-0.15, -0.1) is 0 Å². The van der Waals surface area contributed by atoms with Crippen molar-refractivity contribution in [3.05, 3.63) is 72.9 Å². The molecule has 12 nitrogen and oxygen atoms in total. The Bertz CT molecular complexity index is 1450. The van der Waals surface area contributed by atoms with Crippen molar-refractivity contribution in [2.45, 2.75) is 237 Å². The summed E-state index contributed by atoms with van der Waals surface area (Å²) in [5.74, 6) is -3.20. The van der Waals surface area contributed by atoms with Crippen molar-refractivity contribution in [2.75, 3.05) is 13.2 Å². The van der Waals surface area contributed by atoms with Crippen LogP contribution in [0.5, 0.6) is 0 Å². The molecule has 1 heterocycles. The first kappa shape index (κ1) is 61.2. The number of unbranched alkanes of at least 4 members (excludes halogenated alkanes) is 16. The summed E-state index contributed by atoms with van der Waals surface area (Å²) >= 11 is 0. The van der Waals surface area contributed by atoms with Gasteiger partial charge in [-0.3, -0.25) is 14.4 Å². The van der Waals surface area contributed by atoms with Gasteiger partial charge in [-0.05, 0) is 83.5 Å². The molecule has 0 bridgehead atoms. The maximum Gasteiger partial charge on any atom is 0.335 e. The molecule has 1 aliphatic heterocycles. The largest absolute Gasteiger partial charge is 0.479 e. The van der Waals surface area contributed by atoms with Crippen molar-refractivity contribution < 1.29 is 58.2 Å². The first-order valence-corrected chi connectivity index (χ1v) is 25.9. The first-order valence-electron chi connectivity index (χ1n) is 25.9. The highest BCUT2D eigenvalue weighted by atomic mass is 16.7. The molecule has 0 aromatic carbocycles. The van der Waals surface area contributed by atoms with Gasteiger partial charge < -0.3 is 39.0 Å². The number of carboxylic acids is 1. The molecule has 1 aliphatic rings. The second kappa shape index (κ2) is 43.4. The molecular weight excluding hydrogens is 853 g/mol. The molecule has 0 aliphatic carbocycles. The van der Waals surface area contributed by atoms with Crippen molar-refractivity contribution in [1.29, 1.82) is 0 Å². The first-order chi connectivity index (χ1) is 32.6. The smallest absolute Gasteiger partial charge is 0.335 e. The van der Waals surface area contributed by atoms with E-state index < -0.39 is 67.3 Å². The fraction of sp³-hybridized carbons (Fsp3) is 0.709. The van der Waals surface area contributed by atoms with Gasteiger partial charge in [-0.1, -0.05) is 171 Å². The molecule has 0 spiro atoms. The molecule has 6 atom stereocenters. The van der Waals surface area contributed by atoms with Crippen LogP contribution in [0.2, 0.25) is 0 Å². The van der Waals surface area contributed by atoms with E-state index in [0.29, 0.717) is 19.3 Å². The molecule has 1 rings (SSSR count). The van der Waals surface area contributed by atoms with Gasteiger partial charge in [0.1, 0.15) is 18.8 Å². The van der Waals surface area contributed by atoms with E-state index in [2.05, 4.69) is 93.7 Å². The van der Waals surface area contributed by atoms with E-state index in [0.717, 1.165) is 109 Å². The van der Waals surface area contributed by atoms with Gasteiger partial charge in [0, 0.05) is 19.3 Å². The van der Waals surface area contributed by atoms with Crippen molar-refractivity contribution in [1.82, 2.24) is 0 Å². The molecule has 6 unspecified atom stereocenters. The number of hydrogen-bond acceptors (Lipinski definition) is 11. The van der Waals surface area contributed by atoms with Crippen LogP contribution in [0.25, 0.3) is 0 Å². The summed E-state index contributed by atoms with van der Waals surface area (Å²) < 4.78 is 28.2. The van der Waals surface area contributed by atoms with E-state index in [1.54, 1.807) is 0 Å². The summed E-state index contributed by atoms with van der Waals surface area (Å²) in [4.78, 5) is 50.7. The Labute approximate surface area is 404 Å². The van der Waals surface area contributed by atoms with Crippen LogP contribution in [0.3, 0.4) is 0 Å². The van der Waals surface area contributed by atoms with E-state index >= 15 is 0 Å². The molecule has 0 amide bonds. The van der Waals surface area contributed by atoms with Gasteiger partial charge in [0.05, 0.1) is 6.61 Å². The van der Waals surface area contributed by atoms with Crippen LogP contribution in [0.1, 0.15) is 201 Å². The third-order valence-corrected chi connectivity index (χ3v) is 11.2. The van der Waals surface area contributed by atoms with E-state index in [9.17, 15) is 34.5 Å². The van der Waals surface area contributed by atoms with Gasteiger partial charge in [-0.25, -0.2) is 4.79 Å². The number of aliphatic hydroxyl groups is 2. The van der Waals surface area contributed by atoms with Crippen LogP contribution in [-0.2, 0) is 42.9 Å². The number of carboxylic acid groups (broad SMARTS) is 1. The molecule has 0 aromatic heterocycles. The molecule has 0 aromatic rings. The molecule has 0 radical (unpaired) electrons. The van der Waals surface area contributed by atoms with Gasteiger partial charge in [-0.2, -0.15) is 0 Å². The van der Waals surface area contributed by atoms with E-state index in [-0.39, 0.29) is 25.9 Å². The zero-order valence-electron chi connectivity index (χ0n) is 41.6. The minimum atomic E-state index is -1.91. The number of rotatable bonds is 42. The van der Waals surface area contributed by atoms with Crippen LogP contribution in [-0.4, -0.2) is 89.2 Å². The topological polar surface area (TPSA) is 175 Å². The standard InChI is InChI=1S/C55H90O12/c1-4-7-10-13-16-19-21-23-24-26-27-30-32-35-38-41-47(56)63-44-46(65-48(57)42-39-36-33-29-18-15-12-9-6-3)45-64-55-53(51(60)50(59)52(67-55)54(61)62)66-49(58)43-40-37-34-31-28-25-22-20-17-14-11-8-5-2/h7,10-11,14,16,19-20,22-24,27,30,46,50-53,55,59-60H,4-6,8-9,12-13,15,17-18,21,25-26,28-29,31-45H2,1-3H3,(H,61,62)/b10-7-,14-11-,19-16-,22-20-,24-23-,30-27-. The van der Waals surface area contributed by atoms with Crippen LogP contribution in [0, 0.1) is 0 Å². The minimum absolute atomic E-state index is 0.0386. The SMILES string of the molecule is CC/C=C\C/C=C\C/C=C\C/C=C\CCCCC(=O)OCC(COC1OC(C(=O)O)C(O)C(O)C1OC(=O)CCCCCCC/C=C\C/C=C\CCC)OC(=O)CCCCCCCCCCC. The summed E-state index contributed by atoms with van der Waals surface area (Å²) in [5, 5.41) is 31.3. The van der Waals surface area contributed by atoms with Gasteiger partial charge in [0.2, 0.25) is 0 Å².